The number of carbonyl (C=O) groups is 1. The predicted molar refractivity (Wildman–Crippen MR) is 138 cm³/mol. The molecule has 1 N–H and O–H groups in total. The number of carbonyl (C=O) groups excluding carboxylic acids is 1. The Kier molecular flexibility index (Phi) is 6.72. The van der Waals surface area contributed by atoms with E-state index in [0.29, 0.717) is 35.8 Å². The largest absolute Gasteiger partial charge is 0.494 e. The second-order valence-corrected chi connectivity index (χ2v) is 8.83. The van der Waals surface area contributed by atoms with E-state index in [2.05, 4.69) is 15.5 Å². The number of benzene rings is 3. The van der Waals surface area contributed by atoms with E-state index in [1.807, 2.05) is 69.3 Å². The van der Waals surface area contributed by atoms with Crippen molar-refractivity contribution in [3.63, 3.8) is 0 Å². The molecule has 0 aliphatic carbocycles. The Morgan fingerprint density at radius 1 is 1.03 bits per heavy atom. The minimum atomic E-state index is -0.516. The molecule has 0 saturated carbocycles. The van der Waals surface area contributed by atoms with Crippen LogP contribution in [-0.4, -0.2) is 27.7 Å². The van der Waals surface area contributed by atoms with Crippen molar-refractivity contribution >= 4 is 11.6 Å². The first kappa shape index (κ1) is 24.2. The van der Waals surface area contributed by atoms with Crippen LogP contribution in [0, 0.1) is 12.7 Å². The van der Waals surface area contributed by atoms with E-state index in [1.54, 1.807) is 17.0 Å². The Balaban J connectivity index is 1.58. The summed E-state index contributed by atoms with van der Waals surface area (Å²) in [6, 6.07) is 20.7. The van der Waals surface area contributed by atoms with E-state index >= 15 is 0 Å². The zero-order valence-electron chi connectivity index (χ0n) is 20.9. The summed E-state index contributed by atoms with van der Waals surface area (Å²) < 4.78 is 24.7. The lowest BCUT2D eigenvalue weighted by atomic mass is 9.94. The molecular weight excluding hydrogens is 471 g/mol. The molecule has 1 atom stereocenters. The highest BCUT2D eigenvalue weighted by Crippen LogP contribution is 2.38. The normalized spacial score (nSPS) is 15.6. The minimum absolute atomic E-state index is 0.221. The van der Waals surface area contributed by atoms with Gasteiger partial charge in [0.05, 0.1) is 24.8 Å². The summed E-state index contributed by atoms with van der Waals surface area (Å²) in [5, 5.41) is 7.26. The summed E-state index contributed by atoms with van der Waals surface area (Å²) in [4.78, 5) is 19.7. The fraction of sp³-hybridized carbons (Fsp3) is 0.207. The molecule has 0 fully saturated rings. The summed E-state index contributed by atoms with van der Waals surface area (Å²) in [5.41, 5.74) is 5.01. The van der Waals surface area contributed by atoms with Gasteiger partial charge in [-0.3, -0.25) is 4.90 Å². The molecule has 0 bridgehead atoms. The number of nitrogens with one attached hydrogen (secondary N) is 1. The summed E-state index contributed by atoms with van der Waals surface area (Å²) in [6.07, 6.45) is 0. The maximum absolute atomic E-state index is 13.4. The molecule has 2 heterocycles. The van der Waals surface area contributed by atoms with Crippen molar-refractivity contribution in [3.05, 3.63) is 107 Å². The summed E-state index contributed by atoms with van der Waals surface area (Å²) in [6.45, 7) is 6.79. The molecule has 188 valence electrons. The summed E-state index contributed by atoms with van der Waals surface area (Å²) in [5.74, 6) is 1.02. The van der Waals surface area contributed by atoms with Crippen molar-refractivity contribution in [3.8, 4) is 17.1 Å². The molecular formula is C29H27FN4O3. The molecule has 0 radical (unpaired) electrons. The molecule has 4 aromatic rings. The number of rotatable bonds is 7. The molecule has 37 heavy (non-hydrogen) atoms. The first-order valence-electron chi connectivity index (χ1n) is 12.1. The van der Waals surface area contributed by atoms with Crippen LogP contribution in [0.2, 0.25) is 0 Å². The highest BCUT2D eigenvalue weighted by Gasteiger charge is 2.36. The van der Waals surface area contributed by atoms with Gasteiger partial charge in [0.15, 0.2) is 0 Å². The van der Waals surface area contributed by atoms with Crippen molar-refractivity contribution in [2.45, 2.75) is 33.4 Å². The van der Waals surface area contributed by atoms with Gasteiger partial charge in [-0.25, -0.2) is 9.18 Å². The SMILES string of the molecule is CCOc1ccc(C2NC(=O)N(Cc3ccccc3C)C(C)=C2c2nc(-c3ccc(F)cc3)no2)cc1. The zero-order valence-corrected chi connectivity index (χ0v) is 20.9. The topological polar surface area (TPSA) is 80.5 Å². The van der Waals surface area contributed by atoms with Crippen LogP contribution in [0.5, 0.6) is 5.75 Å². The number of allylic oxidation sites excluding steroid dienone is 1. The van der Waals surface area contributed by atoms with Gasteiger partial charge in [-0.05, 0) is 73.9 Å². The highest BCUT2D eigenvalue weighted by atomic mass is 19.1. The Hall–Kier alpha value is -4.46. The Bertz CT molecular complexity index is 1440. The van der Waals surface area contributed by atoms with Crippen LogP contribution in [0.15, 0.2) is 83.0 Å². The van der Waals surface area contributed by atoms with Gasteiger partial charge in [0.25, 0.3) is 5.89 Å². The van der Waals surface area contributed by atoms with Crippen LogP contribution in [0.3, 0.4) is 0 Å². The van der Waals surface area contributed by atoms with Gasteiger partial charge in [0.1, 0.15) is 11.6 Å². The van der Waals surface area contributed by atoms with Gasteiger partial charge >= 0.3 is 6.03 Å². The maximum atomic E-state index is 13.4. The molecule has 8 heteroatoms. The lowest BCUT2D eigenvalue weighted by Gasteiger charge is -2.35. The molecule has 2 amide bonds. The average Bonchev–Trinajstić information content (AvgIpc) is 3.38. The van der Waals surface area contributed by atoms with Crippen molar-refractivity contribution in [1.29, 1.82) is 0 Å². The quantitative estimate of drug-likeness (QED) is 0.324. The third kappa shape index (κ3) is 4.95. The van der Waals surface area contributed by atoms with Gasteiger partial charge in [-0.2, -0.15) is 4.98 Å². The minimum Gasteiger partial charge on any atom is -0.494 e. The van der Waals surface area contributed by atoms with Crippen LogP contribution in [0.1, 0.15) is 42.5 Å². The number of urea groups is 1. The zero-order chi connectivity index (χ0) is 25.9. The van der Waals surface area contributed by atoms with Crippen molar-refractivity contribution < 1.29 is 18.4 Å². The standard InChI is InChI=1S/C29H27FN4O3/c1-4-36-24-15-11-20(12-16-24)26-25(28-32-27(33-37-28)21-9-13-23(30)14-10-21)19(3)34(29(35)31-26)17-22-8-6-5-7-18(22)2/h5-16,26H,4,17H2,1-3H3,(H,31,35). The average molecular weight is 499 g/mol. The predicted octanol–water partition coefficient (Wildman–Crippen LogP) is 6.28. The van der Waals surface area contributed by atoms with E-state index in [9.17, 15) is 9.18 Å². The highest BCUT2D eigenvalue weighted by molar-refractivity contribution is 5.87. The Morgan fingerprint density at radius 3 is 2.46 bits per heavy atom. The molecule has 1 unspecified atom stereocenters. The molecule has 1 aliphatic rings. The lowest BCUT2D eigenvalue weighted by Crippen LogP contribution is -2.45. The van der Waals surface area contributed by atoms with Gasteiger partial charge in [0, 0.05) is 11.3 Å². The van der Waals surface area contributed by atoms with E-state index in [0.717, 1.165) is 22.4 Å². The van der Waals surface area contributed by atoms with E-state index in [-0.39, 0.29) is 17.7 Å². The lowest BCUT2D eigenvalue weighted by molar-refractivity contribution is 0.203. The molecule has 3 aromatic carbocycles. The van der Waals surface area contributed by atoms with Crippen molar-refractivity contribution in [1.82, 2.24) is 20.4 Å². The van der Waals surface area contributed by atoms with Crippen LogP contribution in [-0.2, 0) is 6.54 Å². The van der Waals surface area contributed by atoms with Gasteiger partial charge in [-0.15, -0.1) is 0 Å². The molecule has 1 aromatic heterocycles. The van der Waals surface area contributed by atoms with Gasteiger partial charge < -0.3 is 14.6 Å². The van der Waals surface area contributed by atoms with Gasteiger partial charge in [-0.1, -0.05) is 41.6 Å². The Morgan fingerprint density at radius 2 is 1.76 bits per heavy atom. The third-order valence-electron chi connectivity index (χ3n) is 6.47. The fourth-order valence-corrected chi connectivity index (χ4v) is 4.43. The van der Waals surface area contributed by atoms with Crippen LogP contribution in [0.25, 0.3) is 17.0 Å². The fourth-order valence-electron chi connectivity index (χ4n) is 4.43. The number of aryl methyl sites for hydroxylation is 1. The second-order valence-electron chi connectivity index (χ2n) is 8.83. The number of hydrogen-bond acceptors (Lipinski definition) is 5. The summed E-state index contributed by atoms with van der Waals surface area (Å²) in [7, 11) is 0. The van der Waals surface area contributed by atoms with E-state index < -0.39 is 6.04 Å². The number of nitrogens with zero attached hydrogens (tertiary/aromatic N) is 3. The molecule has 1 aliphatic heterocycles. The third-order valence-corrected chi connectivity index (χ3v) is 6.47. The second kappa shape index (κ2) is 10.3. The summed E-state index contributed by atoms with van der Waals surface area (Å²) >= 11 is 0. The smallest absolute Gasteiger partial charge is 0.322 e. The number of hydrogen-bond donors (Lipinski definition) is 1. The maximum Gasteiger partial charge on any atom is 0.322 e. The van der Waals surface area contributed by atoms with Crippen molar-refractivity contribution in [2.75, 3.05) is 6.61 Å². The van der Waals surface area contributed by atoms with Crippen LogP contribution < -0.4 is 10.1 Å². The number of ether oxygens (including phenoxy) is 1. The molecule has 0 saturated heterocycles. The molecule has 7 nitrogen and oxygen atoms in total. The molecule has 0 spiro atoms. The number of amides is 2. The van der Waals surface area contributed by atoms with E-state index in [4.69, 9.17) is 9.26 Å². The molecule has 5 rings (SSSR count). The monoisotopic (exact) mass is 498 g/mol. The number of aromatic nitrogens is 2. The number of halogens is 1. The van der Waals surface area contributed by atoms with Crippen LogP contribution >= 0.6 is 0 Å². The van der Waals surface area contributed by atoms with Crippen molar-refractivity contribution in [2.24, 2.45) is 0 Å². The van der Waals surface area contributed by atoms with Gasteiger partial charge in [0.2, 0.25) is 5.82 Å². The Labute approximate surface area is 214 Å². The van der Waals surface area contributed by atoms with E-state index in [1.165, 1.54) is 12.1 Å². The first-order chi connectivity index (χ1) is 17.9. The first-order valence-corrected chi connectivity index (χ1v) is 12.1. The van der Waals surface area contributed by atoms with Crippen LogP contribution in [0.4, 0.5) is 9.18 Å².